The summed E-state index contributed by atoms with van der Waals surface area (Å²) >= 11 is 6.86. The topological polar surface area (TPSA) is 0 Å². The van der Waals surface area contributed by atoms with Crippen LogP contribution in [0.2, 0.25) is 5.02 Å². The molecule has 96 valence electrons. The molecule has 4 aromatic rings. The SMILES string of the molecule is [2H]c1c([2H])c(Cl)c([2H])c(-c2c([2H])c([2H])c3sc4c([2H])c([2H])c([2H])c([2H])c4c3c2[2H])c1[2H]. The molecular formula is C18H11ClS. The average Bonchev–Trinajstić information content (AvgIpc) is 3.15. The first-order chi connectivity index (χ1) is 14.4. The molecule has 0 atom stereocenters. The summed E-state index contributed by atoms with van der Waals surface area (Å²) in [5, 5.41) is -0.379. The maximum atomic E-state index is 8.73. The van der Waals surface area contributed by atoms with Crippen LogP contribution in [-0.4, -0.2) is 0 Å². The quantitative estimate of drug-likeness (QED) is 0.383. The predicted molar refractivity (Wildman–Crippen MR) is 89.8 cm³/mol. The first-order valence-corrected chi connectivity index (χ1v) is 6.79. The van der Waals surface area contributed by atoms with Crippen LogP contribution in [0.25, 0.3) is 31.3 Å². The number of hydrogen-bond donors (Lipinski definition) is 0. The van der Waals surface area contributed by atoms with Crippen molar-refractivity contribution in [3.05, 3.63) is 71.5 Å². The van der Waals surface area contributed by atoms with Gasteiger partial charge in [-0.25, -0.2) is 0 Å². The van der Waals surface area contributed by atoms with Crippen molar-refractivity contribution in [3.8, 4) is 11.1 Å². The van der Waals surface area contributed by atoms with Gasteiger partial charge in [-0.2, -0.15) is 0 Å². The fraction of sp³-hybridized carbons (Fsp3) is 0. The monoisotopic (exact) mass is 305 g/mol. The molecule has 0 aliphatic heterocycles. The molecular weight excluding hydrogens is 284 g/mol. The lowest BCUT2D eigenvalue weighted by atomic mass is 10.0. The van der Waals surface area contributed by atoms with Crippen LogP contribution in [0.15, 0.2) is 66.5 Å². The molecule has 0 aliphatic rings. The van der Waals surface area contributed by atoms with Gasteiger partial charge < -0.3 is 0 Å². The van der Waals surface area contributed by atoms with E-state index in [0.717, 1.165) is 11.3 Å². The third-order valence-corrected chi connectivity index (χ3v) is 3.94. The Morgan fingerprint density at radius 1 is 0.750 bits per heavy atom. The van der Waals surface area contributed by atoms with E-state index in [4.69, 9.17) is 26.7 Å². The third-order valence-electron chi connectivity index (χ3n) is 2.73. The molecule has 1 aromatic heterocycles. The Morgan fingerprint density at radius 3 is 2.50 bits per heavy atom. The van der Waals surface area contributed by atoms with Gasteiger partial charge in [0.25, 0.3) is 0 Å². The summed E-state index contributed by atoms with van der Waals surface area (Å²) in [5.41, 5.74) is -0.647. The van der Waals surface area contributed by atoms with E-state index in [1.54, 1.807) is 0 Å². The highest BCUT2D eigenvalue weighted by atomic mass is 35.5. The molecule has 3 aromatic carbocycles. The first-order valence-electron chi connectivity index (χ1n) is 11.1. The predicted octanol–water partition coefficient (Wildman–Crippen LogP) is 6.37. The van der Waals surface area contributed by atoms with E-state index in [1.807, 2.05) is 0 Å². The zero-order chi connectivity index (χ0) is 23.1. The van der Waals surface area contributed by atoms with Gasteiger partial charge >= 0.3 is 0 Å². The lowest BCUT2D eigenvalue weighted by Crippen LogP contribution is -1.77. The van der Waals surface area contributed by atoms with Crippen LogP contribution >= 0.6 is 22.9 Å². The summed E-state index contributed by atoms with van der Waals surface area (Å²) in [7, 11) is 0. The van der Waals surface area contributed by atoms with Crippen molar-refractivity contribution in [2.24, 2.45) is 0 Å². The van der Waals surface area contributed by atoms with Crippen molar-refractivity contribution in [3.63, 3.8) is 0 Å². The lowest BCUT2D eigenvalue weighted by molar-refractivity contribution is 1.65. The zero-order valence-electron chi connectivity index (χ0n) is 20.8. The van der Waals surface area contributed by atoms with E-state index in [2.05, 4.69) is 0 Å². The van der Waals surface area contributed by atoms with Gasteiger partial charge in [0.05, 0.1) is 15.1 Å². The number of hydrogen-bond acceptors (Lipinski definition) is 1. The minimum Gasteiger partial charge on any atom is -0.135 e. The Morgan fingerprint density at radius 2 is 1.55 bits per heavy atom. The largest absolute Gasteiger partial charge is 0.135 e. The number of halogens is 1. The van der Waals surface area contributed by atoms with Crippen LogP contribution in [0.3, 0.4) is 0 Å². The van der Waals surface area contributed by atoms with Crippen molar-refractivity contribution < 1.29 is 15.1 Å². The fourth-order valence-corrected chi connectivity index (χ4v) is 2.93. The van der Waals surface area contributed by atoms with Gasteiger partial charge in [-0.05, 0) is 41.3 Å². The highest BCUT2D eigenvalue weighted by molar-refractivity contribution is 7.25. The van der Waals surface area contributed by atoms with E-state index in [9.17, 15) is 0 Å². The Bertz CT molecular complexity index is 1430. The maximum Gasteiger partial charge on any atom is 0.0645 e. The van der Waals surface area contributed by atoms with Crippen molar-refractivity contribution in [1.29, 1.82) is 0 Å². The molecule has 1 heterocycles. The second kappa shape index (κ2) is 4.62. The summed E-state index contributed by atoms with van der Waals surface area (Å²) in [6.45, 7) is 0. The van der Waals surface area contributed by atoms with Gasteiger partial charge in [-0.3, -0.25) is 0 Å². The number of benzene rings is 3. The first kappa shape index (κ1) is 5.18. The Hall–Kier alpha value is -1.83. The highest BCUT2D eigenvalue weighted by Gasteiger charge is 2.06. The van der Waals surface area contributed by atoms with E-state index in [1.165, 1.54) is 0 Å². The Labute approximate surface area is 141 Å². The fourth-order valence-electron chi connectivity index (χ4n) is 1.87. The summed E-state index contributed by atoms with van der Waals surface area (Å²) in [4.78, 5) is 0. The molecule has 0 saturated carbocycles. The van der Waals surface area contributed by atoms with Crippen molar-refractivity contribution in [2.45, 2.75) is 0 Å². The van der Waals surface area contributed by atoms with Crippen molar-refractivity contribution >= 4 is 43.1 Å². The summed E-state index contributed by atoms with van der Waals surface area (Å²) < 4.78 is 90.2. The lowest BCUT2D eigenvalue weighted by Gasteiger charge is -2.03. The highest BCUT2D eigenvalue weighted by Crippen LogP contribution is 2.36. The summed E-state index contributed by atoms with van der Waals surface area (Å²) in [6.07, 6.45) is 0. The molecule has 0 saturated heterocycles. The van der Waals surface area contributed by atoms with E-state index < -0.39 is 59.4 Å². The molecule has 0 aliphatic carbocycles. The van der Waals surface area contributed by atoms with Crippen molar-refractivity contribution in [1.82, 2.24) is 0 Å². The van der Waals surface area contributed by atoms with Crippen LogP contribution < -0.4 is 0 Å². The van der Waals surface area contributed by atoms with Crippen LogP contribution in [0, 0.1) is 0 Å². The molecule has 4 rings (SSSR count). The minimum absolute atomic E-state index is 0.0133. The normalized spacial score (nSPS) is 18.9. The van der Waals surface area contributed by atoms with E-state index in [-0.39, 0.29) is 43.4 Å². The van der Waals surface area contributed by atoms with Gasteiger partial charge in [-0.15, -0.1) is 11.3 Å². The molecule has 0 spiro atoms. The van der Waals surface area contributed by atoms with Crippen LogP contribution in [0.4, 0.5) is 0 Å². The average molecular weight is 306 g/mol. The van der Waals surface area contributed by atoms with E-state index in [0.29, 0.717) is 0 Å². The number of rotatable bonds is 1. The smallest absolute Gasteiger partial charge is 0.0645 e. The number of thiophene rings is 1. The Balaban J connectivity index is 2.30. The van der Waals surface area contributed by atoms with Crippen LogP contribution in [-0.2, 0) is 0 Å². The number of fused-ring (bicyclic) bond motifs is 3. The molecule has 0 radical (unpaired) electrons. The van der Waals surface area contributed by atoms with Gasteiger partial charge in [0, 0.05) is 25.2 Å². The molecule has 0 amide bonds. The van der Waals surface area contributed by atoms with Gasteiger partial charge in [0.15, 0.2) is 0 Å². The van der Waals surface area contributed by atoms with Gasteiger partial charge in [-0.1, -0.05) is 47.9 Å². The second-order valence-electron chi connectivity index (χ2n) is 3.95. The van der Waals surface area contributed by atoms with E-state index >= 15 is 0 Å². The molecule has 0 bridgehead atoms. The van der Waals surface area contributed by atoms with Crippen LogP contribution in [0.5, 0.6) is 0 Å². The molecule has 0 N–H and O–H groups in total. The third kappa shape index (κ3) is 1.91. The standard InChI is InChI=1S/C18H11ClS/c19-14-5-3-4-12(10-14)13-8-9-18-16(11-13)15-6-1-2-7-17(15)20-18/h1-11H/i1D,2D,3D,4D,5D,6D,7D,8D,9D,10D,11D. The molecule has 0 unspecified atom stereocenters. The molecule has 0 nitrogen and oxygen atoms in total. The Kier molecular flexibility index (Phi) is 1.20. The van der Waals surface area contributed by atoms with Gasteiger partial charge in [0.2, 0.25) is 0 Å². The zero-order valence-corrected chi connectivity index (χ0v) is 11.4. The maximum absolute atomic E-state index is 8.73. The van der Waals surface area contributed by atoms with Crippen LogP contribution in [0.1, 0.15) is 15.1 Å². The molecule has 2 heteroatoms. The van der Waals surface area contributed by atoms with Crippen molar-refractivity contribution in [2.75, 3.05) is 0 Å². The van der Waals surface area contributed by atoms with Gasteiger partial charge in [0.1, 0.15) is 0 Å². The minimum atomic E-state index is -0.585. The molecule has 0 fully saturated rings. The molecule has 20 heavy (non-hydrogen) atoms. The summed E-state index contributed by atoms with van der Waals surface area (Å²) in [6, 6.07) is -5.13. The second-order valence-corrected chi connectivity index (χ2v) is 5.35. The summed E-state index contributed by atoms with van der Waals surface area (Å²) in [5.74, 6) is 0.